The van der Waals surface area contributed by atoms with Gasteiger partial charge in [0.1, 0.15) is 12.1 Å². The number of anilines is 1. The summed E-state index contributed by atoms with van der Waals surface area (Å²) < 4.78 is 0. The summed E-state index contributed by atoms with van der Waals surface area (Å²) in [6.45, 7) is 0.442. The molecule has 2 aliphatic heterocycles. The van der Waals surface area contributed by atoms with Gasteiger partial charge in [-0.15, -0.1) is 0 Å². The third kappa shape index (κ3) is 5.66. The van der Waals surface area contributed by atoms with Gasteiger partial charge in [0.25, 0.3) is 11.8 Å². The maximum atomic E-state index is 14.2. The van der Waals surface area contributed by atoms with Gasteiger partial charge in [0, 0.05) is 29.8 Å². The van der Waals surface area contributed by atoms with E-state index in [-0.39, 0.29) is 36.7 Å². The molecule has 40 heavy (non-hydrogen) atoms. The average molecular weight is 566 g/mol. The molecule has 10 heteroatoms. The summed E-state index contributed by atoms with van der Waals surface area (Å²) in [7, 11) is 0. The molecule has 0 aromatic heterocycles. The number of rotatable bonds is 7. The minimum absolute atomic E-state index is 0.0379. The fourth-order valence-electron chi connectivity index (χ4n) is 6.42. The van der Waals surface area contributed by atoms with E-state index in [1.54, 1.807) is 21.9 Å². The van der Waals surface area contributed by atoms with Crippen molar-refractivity contribution in [2.75, 3.05) is 24.5 Å². The number of benzene rings is 2. The molecule has 0 radical (unpaired) electrons. The number of likely N-dealkylation sites (tertiary alicyclic amines) is 1. The quantitative estimate of drug-likeness (QED) is 0.535. The van der Waals surface area contributed by atoms with E-state index in [1.807, 2.05) is 42.5 Å². The highest BCUT2D eigenvalue weighted by atomic mass is 35.5. The van der Waals surface area contributed by atoms with E-state index in [4.69, 9.17) is 17.3 Å². The first kappa shape index (κ1) is 28.0. The molecule has 4 amide bonds. The zero-order valence-corrected chi connectivity index (χ0v) is 23.3. The third-order valence-corrected chi connectivity index (χ3v) is 8.70. The minimum Gasteiger partial charge on any atom is -0.366 e. The molecule has 3 N–H and O–H groups in total. The zero-order valence-electron chi connectivity index (χ0n) is 22.6. The Morgan fingerprint density at radius 2 is 1.60 bits per heavy atom. The lowest BCUT2D eigenvalue weighted by Gasteiger charge is -2.44. The van der Waals surface area contributed by atoms with Gasteiger partial charge in [-0.3, -0.25) is 19.2 Å². The Hall–Kier alpha value is -3.59. The number of carbonyl (C=O) groups is 4. The second kappa shape index (κ2) is 11.9. The Morgan fingerprint density at radius 1 is 0.950 bits per heavy atom. The highest BCUT2D eigenvalue weighted by Gasteiger charge is 2.60. The first-order valence-corrected chi connectivity index (χ1v) is 14.4. The van der Waals surface area contributed by atoms with Gasteiger partial charge in [-0.2, -0.15) is 0 Å². The van der Waals surface area contributed by atoms with E-state index < -0.39 is 17.6 Å². The molecule has 1 spiro atoms. The smallest absolute Gasteiger partial charge is 0.261 e. The molecule has 2 saturated heterocycles. The molecule has 3 aliphatic rings. The Bertz CT molecular complexity index is 1240. The van der Waals surface area contributed by atoms with Gasteiger partial charge in [-0.05, 0) is 55.5 Å². The summed E-state index contributed by atoms with van der Waals surface area (Å²) in [4.78, 5) is 58.2. The van der Waals surface area contributed by atoms with E-state index in [2.05, 4.69) is 5.32 Å². The van der Waals surface area contributed by atoms with Crippen molar-refractivity contribution in [3.63, 3.8) is 0 Å². The first-order chi connectivity index (χ1) is 19.3. The number of nitrogens with one attached hydrogen (secondary N) is 1. The van der Waals surface area contributed by atoms with Crippen LogP contribution in [0, 0.1) is 0 Å². The van der Waals surface area contributed by atoms with Crippen LogP contribution in [0.3, 0.4) is 0 Å². The van der Waals surface area contributed by atoms with Crippen LogP contribution < -0.4 is 16.0 Å². The SMILES string of the molecule is NC(=O)[C@@H]1N(CC(=O)NC2CCCCC2)C(=O)C2(CCN(C(=O)Cc3ccc(Cl)cc3)CC2)N1c1ccccc1. The standard InChI is InChI=1S/C30H36ClN5O4/c31-22-13-11-21(12-14-22)19-26(38)34-17-15-30(16-18-34)29(40)35(20-25(37)33-23-7-3-1-4-8-23)28(27(32)39)36(30)24-9-5-2-6-10-24/h2,5-6,9-14,23,28H,1,3-4,7-8,15-20H2,(H2,32,39)(H,33,37)/t28-/m1/s1. The maximum Gasteiger partial charge on any atom is 0.261 e. The molecule has 9 nitrogen and oxygen atoms in total. The van der Waals surface area contributed by atoms with Crippen molar-refractivity contribution in [3.8, 4) is 0 Å². The number of halogens is 1. The summed E-state index contributed by atoms with van der Waals surface area (Å²) in [5, 5.41) is 3.66. The van der Waals surface area contributed by atoms with Gasteiger partial charge in [0.15, 0.2) is 6.17 Å². The number of amides is 4. The highest BCUT2D eigenvalue weighted by Crippen LogP contribution is 2.42. The number of hydrogen-bond acceptors (Lipinski definition) is 5. The van der Waals surface area contributed by atoms with Gasteiger partial charge < -0.3 is 25.8 Å². The predicted molar refractivity (Wildman–Crippen MR) is 152 cm³/mol. The van der Waals surface area contributed by atoms with Gasteiger partial charge in [-0.1, -0.05) is 61.2 Å². The van der Waals surface area contributed by atoms with E-state index in [0.717, 1.165) is 37.7 Å². The van der Waals surface area contributed by atoms with Gasteiger partial charge in [0.05, 0.1) is 6.42 Å². The van der Waals surface area contributed by atoms with E-state index in [9.17, 15) is 19.2 Å². The molecule has 3 fully saturated rings. The molecule has 1 aliphatic carbocycles. The number of primary amides is 1. The Morgan fingerprint density at radius 3 is 2.23 bits per heavy atom. The van der Waals surface area contributed by atoms with Crippen molar-refractivity contribution in [1.82, 2.24) is 15.1 Å². The van der Waals surface area contributed by atoms with Crippen LogP contribution in [0.4, 0.5) is 5.69 Å². The lowest BCUT2D eigenvalue weighted by molar-refractivity contribution is -0.142. The molecule has 0 bridgehead atoms. The summed E-state index contributed by atoms with van der Waals surface area (Å²) in [6, 6.07) is 16.5. The van der Waals surface area contributed by atoms with Crippen molar-refractivity contribution in [2.24, 2.45) is 5.73 Å². The summed E-state index contributed by atoms with van der Waals surface area (Å²) in [6.07, 6.45) is 4.88. The molecule has 212 valence electrons. The summed E-state index contributed by atoms with van der Waals surface area (Å²) >= 11 is 5.98. The van der Waals surface area contributed by atoms with Crippen LogP contribution in [0.25, 0.3) is 0 Å². The van der Waals surface area contributed by atoms with E-state index in [0.29, 0.717) is 36.6 Å². The number of nitrogens with two attached hydrogens (primary N) is 1. The zero-order chi connectivity index (χ0) is 28.3. The maximum absolute atomic E-state index is 14.2. The van der Waals surface area contributed by atoms with E-state index >= 15 is 0 Å². The predicted octanol–water partition coefficient (Wildman–Crippen LogP) is 2.85. The van der Waals surface area contributed by atoms with Crippen molar-refractivity contribution in [2.45, 2.75) is 69.1 Å². The second-order valence-electron chi connectivity index (χ2n) is 11.0. The molecule has 1 atom stereocenters. The second-order valence-corrected chi connectivity index (χ2v) is 11.5. The monoisotopic (exact) mass is 565 g/mol. The third-order valence-electron chi connectivity index (χ3n) is 8.44. The van der Waals surface area contributed by atoms with Crippen LogP contribution in [0.1, 0.15) is 50.5 Å². The molecule has 5 rings (SSSR count). The Kier molecular flexibility index (Phi) is 8.30. The molecule has 2 aromatic carbocycles. The fraction of sp³-hybridized carbons (Fsp3) is 0.467. The topological polar surface area (TPSA) is 116 Å². The van der Waals surface area contributed by atoms with Crippen LogP contribution in [-0.2, 0) is 25.6 Å². The first-order valence-electron chi connectivity index (χ1n) is 14.0. The molecular formula is C30H36ClN5O4. The van der Waals surface area contributed by atoms with Crippen LogP contribution in [-0.4, -0.2) is 70.8 Å². The largest absolute Gasteiger partial charge is 0.366 e. The molecular weight excluding hydrogens is 530 g/mol. The number of nitrogens with zero attached hydrogens (tertiary/aromatic N) is 3. The number of hydrogen-bond donors (Lipinski definition) is 2. The van der Waals surface area contributed by atoms with Crippen molar-refractivity contribution >= 4 is 40.9 Å². The molecule has 2 heterocycles. The Labute approximate surface area is 239 Å². The van der Waals surface area contributed by atoms with Crippen LogP contribution >= 0.6 is 11.6 Å². The Balaban J connectivity index is 1.37. The van der Waals surface area contributed by atoms with Crippen molar-refractivity contribution in [3.05, 3.63) is 65.2 Å². The van der Waals surface area contributed by atoms with Crippen LogP contribution in [0.2, 0.25) is 5.02 Å². The minimum atomic E-state index is -1.11. The van der Waals surface area contributed by atoms with Gasteiger partial charge in [0.2, 0.25) is 11.8 Å². The van der Waals surface area contributed by atoms with E-state index in [1.165, 1.54) is 4.90 Å². The lowest BCUT2D eigenvalue weighted by Crippen LogP contribution is -2.59. The molecule has 1 saturated carbocycles. The van der Waals surface area contributed by atoms with Gasteiger partial charge in [-0.25, -0.2) is 0 Å². The van der Waals surface area contributed by atoms with Crippen molar-refractivity contribution < 1.29 is 19.2 Å². The lowest BCUT2D eigenvalue weighted by atomic mass is 9.85. The van der Waals surface area contributed by atoms with Gasteiger partial charge >= 0.3 is 0 Å². The fourth-order valence-corrected chi connectivity index (χ4v) is 6.54. The highest BCUT2D eigenvalue weighted by molar-refractivity contribution is 6.30. The normalized spacial score (nSPS) is 21.1. The molecule has 0 unspecified atom stereocenters. The van der Waals surface area contributed by atoms with Crippen LogP contribution in [0.5, 0.6) is 0 Å². The number of piperidine rings is 1. The summed E-state index contributed by atoms with van der Waals surface area (Å²) in [5.74, 6) is -1.32. The average Bonchev–Trinajstić information content (AvgIpc) is 3.18. The molecule has 2 aromatic rings. The summed E-state index contributed by atoms with van der Waals surface area (Å²) in [5.41, 5.74) is 6.37. The van der Waals surface area contributed by atoms with Crippen molar-refractivity contribution in [1.29, 1.82) is 0 Å². The van der Waals surface area contributed by atoms with Crippen LogP contribution in [0.15, 0.2) is 54.6 Å². The number of para-hydroxylation sites is 1. The number of carbonyl (C=O) groups excluding carboxylic acids is 4.